The second-order valence-electron chi connectivity index (χ2n) is 8.40. The van der Waals surface area contributed by atoms with Crippen LogP contribution in [-0.2, 0) is 5.41 Å². The molecule has 0 saturated heterocycles. The van der Waals surface area contributed by atoms with Crippen LogP contribution in [0.15, 0.2) is 54.9 Å². The maximum atomic E-state index is 13.4. The van der Waals surface area contributed by atoms with Crippen molar-refractivity contribution in [3.05, 3.63) is 71.6 Å². The van der Waals surface area contributed by atoms with Crippen molar-refractivity contribution in [1.82, 2.24) is 9.97 Å². The first-order chi connectivity index (χ1) is 15.7. The van der Waals surface area contributed by atoms with Crippen LogP contribution in [0.2, 0.25) is 0 Å². The number of hydrogen-bond acceptors (Lipinski definition) is 6. The van der Waals surface area contributed by atoms with Gasteiger partial charge in [-0.25, -0.2) is 9.97 Å². The predicted octanol–water partition coefficient (Wildman–Crippen LogP) is 5.75. The minimum absolute atomic E-state index is 0.0340. The fourth-order valence-electron chi connectivity index (χ4n) is 4.13. The highest BCUT2D eigenvalue weighted by atomic mass is 19.3. The fourth-order valence-corrected chi connectivity index (χ4v) is 4.13. The molecule has 2 aromatic heterocycles. The molecule has 0 atom stereocenters. The molecular weight excluding hydrogens is 428 g/mol. The summed E-state index contributed by atoms with van der Waals surface area (Å²) in [7, 11) is 1.57. The van der Waals surface area contributed by atoms with Crippen LogP contribution in [-0.4, -0.2) is 23.4 Å². The number of nitrogens with one attached hydrogen (secondary N) is 1. The number of halogens is 2. The van der Waals surface area contributed by atoms with E-state index in [1.54, 1.807) is 31.5 Å². The molecule has 0 amide bonds. The van der Waals surface area contributed by atoms with Crippen LogP contribution in [0.4, 0.5) is 14.6 Å². The Hall–Kier alpha value is -3.68. The number of pyridine rings is 2. The number of rotatable bonds is 6. The summed E-state index contributed by atoms with van der Waals surface area (Å²) >= 11 is 0. The van der Waals surface area contributed by atoms with Gasteiger partial charge < -0.3 is 19.5 Å². The zero-order valence-corrected chi connectivity index (χ0v) is 18.5. The molecular formula is C25H23F2N3O3. The Kier molecular flexibility index (Phi) is 4.77. The number of ether oxygens (including phenoxy) is 3. The van der Waals surface area contributed by atoms with Crippen LogP contribution >= 0.6 is 0 Å². The molecule has 1 aliphatic heterocycles. The summed E-state index contributed by atoms with van der Waals surface area (Å²) < 4.78 is 41.1. The van der Waals surface area contributed by atoms with Crippen molar-refractivity contribution in [2.75, 3.05) is 12.4 Å². The summed E-state index contributed by atoms with van der Waals surface area (Å²) in [6.07, 6.45) is -0.218. The van der Waals surface area contributed by atoms with E-state index in [0.29, 0.717) is 11.7 Å². The lowest BCUT2D eigenvalue weighted by Crippen LogP contribution is -2.26. The van der Waals surface area contributed by atoms with E-state index in [9.17, 15) is 8.78 Å². The molecule has 1 fully saturated rings. The molecule has 1 N–H and O–H groups in total. The number of alkyl halides is 2. The molecule has 1 aliphatic carbocycles. The van der Waals surface area contributed by atoms with Gasteiger partial charge in [-0.15, -0.1) is 8.78 Å². The number of hydrogen-bond donors (Lipinski definition) is 1. The fraction of sp³-hybridized carbons (Fsp3) is 0.280. The molecule has 0 radical (unpaired) electrons. The number of anilines is 1. The monoisotopic (exact) mass is 451 g/mol. The van der Waals surface area contributed by atoms with Gasteiger partial charge in [-0.05, 0) is 67.6 Å². The van der Waals surface area contributed by atoms with Crippen molar-refractivity contribution < 1.29 is 23.0 Å². The molecule has 1 saturated carbocycles. The molecule has 3 aromatic rings. The minimum Gasteiger partial charge on any atom is -0.481 e. The standard InChI is InChI=1S/C25H23F2N3O3/c1-14-11-21(30-23(15(14)2)17-5-8-22(31-4)28-13-17)29-16(3)24(9-10-24)18-6-7-19-20(12-18)33-25(26,27)32-19/h5-8,11-13H,3,9-10H2,1-2,4H3,(H,29,30). The van der Waals surface area contributed by atoms with Gasteiger partial charge in [0.25, 0.3) is 0 Å². The smallest absolute Gasteiger partial charge is 0.481 e. The van der Waals surface area contributed by atoms with E-state index in [2.05, 4.69) is 26.4 Å². The van der Waals surface area contributed by atoms with E-state index in [1.807, 2.05) is 26.0 Å². The van der Waals surface area contributed by atoms with Gasteiger partial charge in [0.05, 0.1) is 12.8 Å². The lowest BCUT2D eigenvalue weighted by molar-refractivity contribution is -0.286. The van der Waals surface area contributed by atoms with Crippen LogP contribution < -0.4 is 19.5 Å². The number of aryl methyl sites for hydroxylation is 1. The highest BCUT2D eigenvalue weighted by molar-refractivity contribution is 5.67. The molecule has 8 heteroatoms. The van der Waals surface area contributed by atoms with Gasteiger partial charge in [0, 0.05) is 28.9 Å². The Balaban J connectivity index is 1.42. The van der Waals surface area contributed by atoms with Crippen LogP contribution in [0, 0.1) is 13.8 Å². The van der Waals surface area contributed by atoms with Gasteiger partial charge >= 0.3 is 6.29 Å². The second-order valence-corrected chi connectivity index (χ2v) is 8.40. The number of methoxy groups -OCH3 is 1. The van der Waals surface area contributed by atoms with E-state index in [0.717, 1.165) is 46.5 Å². The molecule has 0 spiro atoms. The Morgan fingerprint density at radius 3 is 2.52 bits per heavy atom. The maximum absolute atomic E-state index is 13.4. The quantitative estimate of drug-likeness (QED) is 0.515. The Morgan fingerprint density at radius 2 is 1.85 bits per heavy atom. The van der Waals surface area contributed by atoms with Crippen molar-refractivity contribution in [1.29, 1.82) is 0 Å². The van der Waals surface area contributed by atoms with E-state index in [1.165, 1.54) is 6.07 Å². The summed E-state index contributed by atoms with van der Waals surface area (Å²) in [5.74, 6) is 1.27. The first-order valence-corrected chi connectivity index (χ1v) is 10.6. The Morgan fingerprint density at radius 1 is 1.09 bits per heavy atom. The largest absolute Gasteiger partial charge is 0.586 e. The van der Waals surface area contributed by atoms with Gasteiger partial charge in [-0.1, -0.05) is 12.6 Å². The lowest BCUT2D eigenvalue weighted by atomic mass is 9.92. The summed E-state index contributed by atoms with van der Waals surface area (Å²) in [4.78, 5) is 9.10. The number of nitrogens with zero attached hydrogens (tertiary/aromatic N) is 2. The van der Waals surface area contributed by atoms with Crippen molar-refractivity contribution in [2.24, 2.45) is 0 Å². The van der Waals surface area contributed by atoms with Gasteiger partial charge in [-0.3, -0.25) is 0 Å². The van der Waals surface area contributed by atoms with Crippen LogP contribution in [0.25, 0.3) is 11.3 Å². The zero-order chi connectivity index (χ0) is 23.4. The van der Waals surface area contributed by atoms with Crippen LogP contribution in [0.5, 0.6) is 17.4 Å². The topological polar surface area (TPSA) is 65.5 Å². The molecule has 0 bridgehead atoms. The van der Waals surface area contributed by atoms with Crippen LogP contribution in [0.3, 0.4) is 0 Å². The van der Waals surface area contributed by atoms with E-state index < -0.39 is 6.29 Å². The van der Waals surface area contributed by atoms with E-state index in [-0.39, 0.29) is 16.9 Å². The molecule has 6 nitrogen and oxygen atoms in total. The normalized spacial score (nSPS) is 16.9. The zero-order valence-electron chi connectivity index (χ0n) is 18.5. The summed E-state index contributed by atoms with van der Waals surface area (Å²) in [5, 5.41) is 3.36. The first kappa shape index (κ1) is 21.2. The average Bonchev–Trinajstić information content (AvgIpc) is 3.53. The summed E-state index contributed by atoms with van der Waals surface area (Å²) in [5.41, 5.74) is 5.04. The molecule has 33 heavy (non-hydrogen) atoms. The lowest BCUT2D eigenvalue weighted by Gasteiger charge is -2.21. The van der Waals surface area contributed by atoms with E-state index >= 15 is 0 Å². The minimum atomic E-state index is -3.64. The second kappa shape index (κ2) is 7.43. The molecule has 1 aromatic carbocycles. The maximum Gasteiger partial charge on any atom is 0.586 e. The number of aromatic nitrogens is 2. The van der Waals surface area contributed by atoms with Crippen LogP contribution in [0.1, 0.15) is 29.5 Å². The molecule has 0 unspecified atom stereocenters. The number of fused-ring (bicyclic) bond motifs is 1. The highest BCUT2D eigenvalue weighted by Crippen LogP contribution is 2.55. The first-order valence-electron chi connectivity index (χ1n) is 10.6. The summed E-state index contributed by atoms with van der Waals surface area (Å²) in [6.45, 7) is 8.30. The van der Waals surface area contributed by atoms with Gasteiger partial charge in [0.15, 0.2) is 11.5 Å². The third kappa shape index (κ3) is 3.75. The van der Waals surface area contributed by atoms with Crippen molar-refractivity contribution >= 4 is 5.82 Å². The predicted molar refractivity (Wildman–Crippen MR) is 120 cm³/mol. The number of allylic oxidation sites excluding steroid dienone is 1. The van der Waals surface area contributed by atoms with Gasteiger partial charge in [0.2, 0.25) is 5.88 Å². The van der Waals surface area contributed by atoms with Crippen molar-refractivity contribution in [3.8, 4) is 28.6 Å². The Bertz CT molecular complexity index is 1250. The van der Waals surface area contributed by atoms with Crippen molar-refractivity contribution in [3.63, 3.8) is 0 Å². The highest BCUT2D eigenvalue weighted by Gasteiger charge is 2.49. The summed E-state index contributed by atoms with van der Waals surface area (Å²) in [6, 6.07) is 10.6. The van der Waals surface area contributed by atoms with Crippen molar-refractivity contribution in [2.45, 2.75) is 38.4 Å². The number of benzene rings is 1. The molecule has 5 rings (SSSR count). The van der Waals surface area contributed by atoms with Gasteiger partial charge in [0.1, 0.15) is 5.82 Å². The average molecular weight is 451 g/mol. The molecule has 3 heterocycles. The molecule has 2 aliphatic rings. The Labute approximate surface area is 190 Å². The molecule has 170 valence electrons. The third-order valence-electron chi connectivity index (χ3n) is 6.31. The SMILES string of the molecule is C=C(Nc1cc(C)c(C)c(-c2ccc(OC)nc2)n1)C1(c2ccc3c(c2)OC(F)(F)O3)CC1. The van der Waals surface area contributed by atoms with Gasteiger partial charge in [-0.2, -0.15) is 0 Å². The third-order valence-corrected chi connectivity index (χ3v) is 6.31. The van der Waals surface area contributed by atoms with E-state index in [4.69, 9.17) is 9.72 Å².